The average molecular weight is 488 g/mol. The van der Waals surface area contributed by atoms with Crippen LogP contribution in [0.3, 0.4) is 0 Å². The van der Waals surface area contributed by atoms with E-state index in [4.69, 9.17) is 0 Å². The van der Waals surface area contributed by atoms with Crippen molar-refractivity contribution in [3.63, 3.8) is 0 Å². The molecule has 1 saturated carbocycles. The number of rotatable bonds is 9. The number of aliphatic hydroxyl groups is 2. The fourth-order valence-electron chi connectivity index (χ4n) is 6.24. The van der Waals surface area contributed by atoms with Gasteiger partial charge in [-0.1, -0.05) is 62.9 Å². The smallest absolute Gasteiger partial charge is 0.225 e. The molecular weight excluding hydrogens is 438 g/mol. The van der Waals surface area contributed by atoms with Crippen LogP contribution in [0, 0.1) is 17.8 Å². The lowest BCUT2D eigenvalue weighted by molar-refractivity contribution is -0.140. The quantitative estimate of drug-likeness (QED) is 0.517. The highest BCUT2D eigenvalue weighted by Gasteiger charge is 2.37. The largest absolute Gasteiger partial charge is 0.395 e. The molecule has 2 aliphatic rings. The lowest BCUT2D eigenvalue weighted by atomic mass is 9.73. The molecule has 1 aromatic carbocycles. The first-order valence-electron chi connectivity index (χ1n) is 13.8. The number of hydrogen-bond acceptors (Lipinski definition) is 5. The molecule has 3 rings (SSSR count). The summed E-state index contributed by atoms with van der Waals surface area (Å²) in [5.41, 5.74) is 1.30. The number of hydrogen-bond donors (Lipinski definition) is 2. The molecule has 2 fully saturated rings. The first-order valence-corrected chi connectivity index (χ1v) is 13.8. The Labute approximate surface area is 213 Å². The Morgan fingerprint density at radius 3 is 2.34 bits per heavy atom. The number of nitrogens with zero attached hydrogens (tertiary/aromatic N) is 3. The topological polar surface area (TPSA) is 67.2 Å². The van der Waals surface area contributed by atoms with Crippen molar-refractivity contribution in [2.45, 2.75) is 76.5 Å². The van der Waals surface area contributed by atoms with Gasteiger partial charge in [0.25, 0.3) is 0 Å². The van der Waals surface area contributed by atoms with E-state index in [1.54, 1.807) is 11.9 Å². The fraction of sp³-hybridized carbons (Fsp3) is 0.759. The van der Waals surface area contributed by atoms with Gasteiger partial charge in [0.15, 0.2) is 0 Å². The zero-order chi connectivity index (χ0) is 25.4. The van der Waals surface area contributed by atoms with Gasteiger partial charge in [-0.25, -0.2) is 0 Å². The molecule has 198 valence electrons. The third-order valence-electron chi connectivity index (χ3n) is 8.97. The molecule has 0 radical (unpaired) electrons. The number of carbonyl (C=O) groups excluding carboxylic acids is 1. The number of carbonyl (C=O) groups is 1. The molecule has 1 saturated heterocycles. The van der Waals surface area contributed by atoms with Gasteiger partial charge in [-0.3, -0.25) is 14.6 Å². The van der Waals surface area contributed by atoms with Gasteiger partial charge in [0.2, 0.25) is 5.91 Å². The minimum Gasteiger partial charge on any atom is -0.395 e. The molecule has 1 aliphatic carbocycles. The number of amides is 1. The van der Waals surface area contributed by atoms with Crippen LogP contribution in [0.25, 0.3) is 0 Å². The summed E-state index contributed by atoms with van der Waals surface area (Å²) in [4.78, 5) is 19.8. The minimum atomic E-state index is -0.777. The van der Waals surface area contributed by atoms with Crippen molar-refractivity contribution in [2.24, 2.45) is 17.8 Å². The molecule has 0 aromatic heterocycles. The van der Waals surface area contributed by atoms with Crippen LogP contribution in [0.4, 0.5) is 0 Å². The van der Waals surface area contributed by atoms with E-state index in [9.17, 15) is 15.0 Å². The van der Waals surface area contributed by atoms with Crippen LogP contribution in [-0.4, -0.2) is 84.4 Å². The highest BCUT2D eigenvalue weighted by atomic mass is 16.3. The maximum Gasteiger partial charge on any atom is 0.225 e. The first-order chi connectivity index (χ1) is 16.8. The summed E-state index contributed by atoms with van der Waals surface area (Å²) in [7, 11) is 6.18. The number of likely N-dealkylation sites (N-methyl/N-ethyl adjacent to an activating group) is 1. The van der Waals surface area contributed by atoms with Crippen LogP contribution >= 0.6 is 0 Å². The summed E-state index contributed by atoms with van der Waals surface area (Å²) >= 11 is 0. The Morgan fingerprint density at radius 2 is 1.74 bits per heavy atom. The third kappa shape index (κ3) is 7.06. The summed E-state index contributed by atoms with van der Waals surface area (Å²) in [6.45, 7) is 3.43. The van der Waals surface area contributed by atoms with Gasteiger partial charge in [0, 0.05) is 24.5 Å². The van der Waals surface area contributed by atoms with Crippen molar-refractivity contribution in [3.8, 4) is 0 Å². The van der Waals surface area contributed by atoms with Gasteiger partial charge in [-0.05, 0) is 70.6 Å². The third-order valence-corrected chi connectivity index (χ3v) is 8.97. The Hall–Kier alpha value is -1.47. The Kier molecular flexibility index (Phi) is 10.6. The van der Waals surface area contributed by atoms with E-state index in [0.29, 0.717) is 19.0 Å². The van der Waals surface area contributed by atoms with E-state index >= 15 is 0 Å². The number of β-amino-alcohol motifs (C(OH)–C–C–N with tert-alkyl or cyclic N) is 1. The van der Waals surface area contributed by atoms with Crippen LogP contribution in [0.2, 0.25) is 0 Å². The van der Waals surface area contributed by atoms with Gasteiger partial charge in [-0.2, -0.15) is 0 Å². The van der Waals surface area contributed by atoms with Crippen LogP contribution < -0.4 is 0 Å². The van der Waals surface area contributed by atoms with Gasteiger partial charge in [0.05, 0.1) is 13.2 Å². The maximum absolute atomic E-state index is 13.8. The van der Waals surface area contributed by atoms with E-state index in [2.05, 4.69) is 56.3 Å². The van der Waals surface area contributed by atoms with Gasteiger partial charge in [-0.15, -0.1) is 0 Å². The highest BCUT2D eigenvalue weighted by molar-refractivity contribution is 5.78. The molecule has 4 atom stereocenters. The predicted molar refractivity (Wildman–Crippen MR) is 142 cm³/mol. The minimum absolute atomic E-state index is 0.0101. The van der Waals surface area contributed by atoms with Crippen LogP contribution in [0.5, 0.6) is 0 Å². The molecule has 0 spiro atoms. The van der Waals surface area contributed by atoms with Gasteiger partial charge >= 0.3 is 0 Å². The average Bonchev–Trinajstić information content (AvgIpc) is 2.84. The molecule has 1 heterocycles. The summed E-state index contributed by atoms with van der Waals surface area (Å²) in [6.07, 6.45) is 9.44. The summed E-state index contributed by atoms with van der Waals surface area (Å²) < 4.78 is 0. The van der Waals surface area contributed by atoms with E-state index in [0.717, 1.165) is 44.4 Å². The molecule has 2 N–H and O–H groups in total. The second-order valence-electron chi connectivity index (χ2n) is 11.3. The predicted octanol–water partition coefficient (Wildman–Crippen LogP) is 3.92. The van der Waals surface area contributed by atoms with Crippen molar-refractivity contribution >= 4 is 5.91 Å². The SMILES string of the molecule is CC1C(=O)N(CC(O)N(C)CCO)CCC[C@](c2ccccc2)(N(C)C)CCCC1CC1CCC1. The van der Waals surface area contributed by atoms with Crippen LogP contribution in [0.15, 0.2) is 30.3 Å². The zero-order valence-corrected chi connectivity index (χ0v) is 22.5. The van der Waals surface area contributed by atoms with Crippen molar-refractivity contribution in [1.29, 1.82) is 0 Å². The van der Waals surface area contributed by atoms with Crippen molar-refractivity contribution < 1.29 is 15.0 Å². The van der Waals surface area contributed by atoms with Gasteiger partial charge in [0.1, 0.15) is 6.23 Å². The Bertz CT molecular complexity index is 770. The summed E-state index contributed by atoms with van der Waals surface area (Å²) in [5.74, 6) is 1.30. The van der Waals surface area contributed by atoms with E-state index < -0.39 is 6.23 Å². The van der Waals surface area contributed by atoms with Crippen molar-refractivity contribution in [3.05, 3.63) is 35.9 Å². The highest BCUT2D eigenvalue weighted by Crippen LogP contribution is 2.41. The lowest BCUT2D eigenvalue weighted by Crippen LogP contribution is -2.48. The molecule has 6 heteroatoms. The molecule has 0 bridgehead atoms. The zero-order valence-electron chi connectivity index (χ0n) is 22.5. The standard InChI is InChI=1S/C29H49N3O3/c1-23-25(21-24-11-8-12-24)13-9-16-29(30(2)3,26-14-6-5-7-15-26)17-10-18-32(28(23)35)22-27(34)31(4)19-20-33/h5-7,14-15,23-25,27,33-34H,8-13,16-22H2,1-4H3/t23?,25?,27?,29-/m1/s1. The summed E-state index contributed by atoms with van der Waals surface area (Å²) in [5, 5.41) is 20.1. The normalized spacial score (nSPS) is 28.1. The second kappa shape index (κ2) is 13.2. The van der Waals surface area contributed by atoms with E-state index in [-0.39, 0.29) is 30.5 Å². The molecule has 3 unspecified atom stereocenters. The van der Waals surface area contributed by atoms with Crippen molar-refractivity contribution in [2.75, 3.05) is 47.4 Å². The second-order valence-corrected chi connectivity index (χ2v) is 11.3. The molecule has 1 aromatic rings. The van der Waals surface area contributed by atoms with E-state index in [1.165, 1.54) is 24.8 Å². The monoisotopic (exact) mass is 487 g/mol. The molecule has 35 heavy (non-hydrogen) atoms. The molecule has 6 nitrogen and oxygen atoms in total. The molecule has 1 aliphatic heterocycles. The van der Waals surface area contributed by atoms with Gasteiger partial charge < -0.3 is 15.1 Å². The number of benzene rings is 1. The Morgan fingerprint density at radius 1 is 1.06 bits per heavy atom. The molecule has 1 amide bonds. The number of aliphatic hydroxyl groups excluding tert-OH is 2. The van der Waals surface area contributed by atoms with Crippen molar-refractivity contribution in [1.82, 2.24) is 14.7 Å². The van der Waals surface area contributed by atoms with Crippen LogP contribution in [0.1, 0.15) is 70.3 Å². The fourth-order valence-corrected chi connectivity index (χ4v) is 6.24. The summed E-state index contributed by atoms with van der Waals surface area (Å²) in [6, 6.07) is 10.9. The first kappa shape index (κ1) is 28.1. The maximum atomic E-state index is 13.8. The molecular formula is C29H49N3O3. The lowest BCUT2D eigenvalue weighted by Gasteiger charge is -2.41. The Balaban J connectivity index is 1.87. The van der Waals surface area contributed by atoms with E-state index in [1.807, 2.05) is 4.90 Å². The van der Waals surface area contributed by atoms with Crippen LogP contribution in [-0.2, 0) is 10.3 Å².